The van der Waals surface area contributed by atoms with Crippen LogP contribution < -0.4 is 14.8 Å². The number of methoxy groups -OCH3 is 2. The van der Waals surface area contributed by atoms with Crippen LogP contribution in [0.1, 0.15) is 43.7 Å². The molecule has 2 rings (SSSR count). The molecule has 21 heavy (non-hydrogen) atoms. The fourth-order valence-electron chi connectivity index (χ4n) is 2.86. The number of hydrogen-bond donors (Lipinski definition) is 2. The second-order valence-corrected chi connectivity index (χ2v) is 5.38. The third kappa shape index (κ3) is 3.88. The van der Waals surface area contributed by atoms with Crippen molar-refractivity contribution in [1.29, 1.82) is 0 Å². The Labute approximate surface area is 125 Å². The molecule has 1 aromatic rings. The molecule has 0 saturated heterocycles. The van der Waals surface area contributed by atoms with E-state index in [0.717, 1.165) is 25.7 Å². The van der Waals surface area contributed by atoms with E-state index in [-0.39, 0.29) is 6.04 Å². The summed E-state index contributed by atoms with van der Waals surface area (Å²) in [6.07, 6.45) is 5.59. The maximum atomic E-state index is 11.7. The van der Waals surface area contributed by atoms with Gasteiger partial charge in [0.05, 0.1) is 14.2 Å². The zero-order chi connectivity index (χ0) is 15.2. The Morgan fingerprint density at radius 2 is 1.95 bits per heavy atom. The van der Waals surface area contributed by atoms with Gasteiger partial charge in [0.1, 0.15) is 17.5 Å². The van der Waals surface area contributed by atoms with Crippen LogP contribution in [0.3, 0.4) is 0 Å². The van der Waals surface area contributed by atoms with Crippen molar-refractivity contribution in [3.05, 3.63) is 23.8 Å². The van der Waals surface area contributed by atoms with E-state index in [9.17, 15) is 9.90 Å². The highest BCUT2D eigenvalue weighted by atomic mass is 16.5. The van der Waals surface area contributed by atoms with Crippen molar-refractivity contribution in [3.8, 4) is 11.5 Å². The number of rotatable bonds is 6. The van der Waals surface area contributed by atoms with Crippen LogP contribution >= 0.6 is 0 Å². The van der Waals surface area contributed by atoms with Gasteiger partial charge in [0.2, 0.25) is 0 Å². The Bertz CT molecular complexity index is 483. The maximum Gasteiger partial charge on any atom is 0.325 e. The van der Waals surface area contributed by atoms with Crippen LogP contribution in [-0.4, -0.2) is 31.3 Å². The molecule has 1 aliphatic carbocycles. The first-order chi connectivity index (χ1) is 10.2. The fourth-order valence-corrected chi connectivity index (χ4v) is 2.86. The van der Waals surface area contributed by atoms with Crippen LogP contribution in [0, 0.1) is 0 Å². The Kier molecular flexibility index (Phi) is 5.44. The van der Waals surface area contributed by atoms with Gasteiger partial charge in [-0.15, -0.1) is 0 Å². The maximum absolute atomic E-state index is 11.7. The Morgan fingerprint density at radius 1 is 1.24 bits per heavy atom. The second kappa shape index (κ2) is 7.31. The molecule has 1 saturated carbocycles. The normalized spacial score (nSPS) is 17.2. The second-order valence-electron chi connectivity index (χ2n) is 5.38. The van der Waals surface area contributed by atoms with Gasteiger partial charge in [-0.3, -0.25) is 10.1 Å². The minimum absolute atomic E-state index is 0.246. The molecule has 1 atom stereocenters. The highest BCUT2D eigenvalue weighted by Crippen LogP contribution is 2.31. The third-order valence-electron chi connectivity index (χ3n) is 4.00. The first kappa shape index (κ1) is 15.6. The van der Waals surface area contributed by atoms with Crippen molar-refractivity contribution in [1.82, 2.24) is 5.32 Å². The zero-order valence-corrected chi connectivity index (χ0v) is 12.6. The van der Waals surface area contributed by atoms with E-state index in [1.165, 1.54) is 6.42 Å². The van der Waals surface area contributed by atoms with E-state index >= 15 is 0 Å². The van der Waals surface area contributed by atoms with E-state index in [4.69, 9.17) is 9.47 Å². The lowest BCUT2D eigenvalue weighted by molar-refractivity contribution is -0.140. The highest BCUT2D eigenvalue weighted by molar-refractivity contribution is 5.77. The molecule has 1 aromatic carbocycles. The van der Waals surface area contributed by atoms with Gasteiger partial charge in [-0.25, -0.2) is 0 Å². The van der Waals surface area contributed by atoms with Gasteiger partial charge in [-0.2, -0.15) is 0 Å². The van der Waals surface area contributed by atoms with Gasteiger partial charge in [-0.1, -0.05) is 19.3 Å². The Morgan fingerprint density at radius 3 is 2.52 bits per heavy atom. The van der Waals surface area contributed by atoms with Crippen molar-refractivity contribution in [3.63, 3.8) is 0 Å². The van der Waals surface area contributed by atoms with Crippen molar-refractivity contribution >= 4 is 5.97 Å². The van der Waals surface area contributed by atoms with Gasteiger partial charge in [0.15, 0.2) is 0 Å². The van der Waals surface area contributed by atoms with Crippen molar-refractivity contribution in [2.75, 3.05) is 14.2 Å². The predicted octanol–water partition coefficient (Wildman–Crippen LogP) is 2.75. The summed E-state index contributed by atoms with van der Waals surface area (Å²) < 4.78 is 10.5. The monoisotopic (exact) mass is 293 g/mol. The van der Waals surface area contributed by atoms with Gasteiger partial charge >= 0.3 is 5.97 Å². The third-order valence-corrected chi connectivity index (χ3v) is 4.00. The lowest BCUT2D eigenvalue weighted by Crippen LogP contribution is -2.38. The number of nitrogens with one attached hydrogen (secondary N) is 1. The molecule has 0 amide bonds. The smallest absolute Gasteiger partial charge is 0.325 e. The molecule has 1 aliphatic rings. The average molecular weight is 293 g/mol. The van der Waals surface area contributed by atoms with Crippen LogP contribution in [0.2, 0.25) is 0 Å². The quantitative estimate of drug-likeness (QED) is 0.844. The van der Waals surface area contributed by atoms with E-state index in [0.29, 0.717) is 17.1 Å². The Balaban J connectivity index is 2.25. The predicted molar refractivity (Wildman–Crippen MR) is 79.9 cm³/mol. The van der Waals surface area contributed by atoms with Gasteiger partial charge in [0.25, 0.3) is 0 Å². The van der Waals surface area contributed by atoms with Crippen molar-refractivity contribution in [2.24, 2.45) is 0 Å². The number of hydrogen-bond acceptors (Lipinski definition) is 4. The first-order valence-corrected chi connectivity index (χ1v) is 7.36. The standard InChI is InChI=1S/C16H23NO4/c1-20-12-8-9-14(21-2)13(10-12)15(16(18)19)17-11-6-4-3-5-7-11/h8-11,15,17H,3-7H2,1-2H3,(H,18,19). The molecule has 0 bridgehead atoms. The SMILES string of the molecule is COc1ccc(OC)c(C(NC2CCCCC2)C(=O)O)c1. The van der Waals surface area contributed by atoms with Crippen molar-refractivity contribution < 1.29 is 19.4 Å². The van der Waals surface area contributed by atoms with Crippen LogP contribution in [0.5, 0.6) is 11.5 Å². The number of carboxylic acid groups (broad SMARTS) is 1. The summed E-state index contributed by atoms with van der Waals surface area (Å²) >= 11 is 0. The van der Waals surface area contributed by atoms with Crippen LogP contribution in [0.25, 0.3) is 0 Å². The largest absolute Gasteiger partial charge is 0.497 e. The summed E-state index contributed by atoms with van der Waals surface area (Å²) in [5, 5.41) is 12.8. The molecule has 116 valence electrons. The molecule has 1 unspecified atom stereocenters. The van der Waals surface area contributed by atoms with Gasteiger partial charge in [-0.05, 0) is 31.0 Å². The summed E-state index contributed by atoms with van der Waals surface area (Å²) in [5.41, 5.74) is 0.606. The minimum Gasteiger partial charge on any atom is -0.497 e. The molecule has 5 heteroatoms. The van der Waals surface area contributed by atoms with E-state index < -0.39 is 12.0 Å². The van der Waals surface area contributed by atoms with Crippen LogP contribution in [0.4, 0.5) is 0 Å². The lowest BCUT2D eigenvalue weighted by atomic mass is 9.93. The Hall–Kier alpha value is -1.75. The van der Waals surface area contributed by atoms with Crippen molar-refractivity contribution in [2.45, 2.75) is 44.2 Å². The zero-order valence-electron chi connectivity index (χ0n) is 12.6. The summed E-state index contributed by atoms with van der Waals surface area (Å²) in [4.78, 5) is 11.7. The number of aliphatic carboxylic acids is 1. The topological polar surface area (TPSA) is 67.8 Å². The van der Waals surface area contributed by atoms with E-state index in [2.05, 4.69) is 5.32 Å². The molecule has 0 heterocycles. The summed E-state index contributed by atoms with van der Waals surface area (Å²) in [5.74, 6) is 0.293. The first-order valence-electron chi connectivity index (χ1n) is 7.36. The van der Waals surface area contributed by atoms with Crippen LogP contribution in [0.15, 0.2) is 18.2 Å². The molecule has 5 nitrogen and oxygen atoms in total. The number of carbonyl (C=O) groups is 1. The minimum atomic E-state index is -0.896. The van der Waals surface area contributed by atoms with Gasteiger partial charge in [0, 0.05) is 11.6 Å². The summed E-state index contributed by atoms with van der Waals surface area (Å²) in [7, 11) is 3.11. The molecule has 1 fully saturated rings. The molecule has 0 spiro atoms. The molecule has 0 aromatic heterocycles. The number of ether oxygens (including phenoxy) is 2. The molecule has 0 radical (unpaired) electrons. The molecule has 0 aliphatic heterocycles. The summed E-state index contributed by atoms with van der Waals surface area (Å²) in [6, 6.07) is 4.70. The highest BCUT2D eigenvalue weighted by Gasteiger charge is 2.27. The average Bonchev–Trinajstić information content (AvgIpc) is 2.52. The molecular weight excluding hydrogens is 270 g/mol. The van der Waals surface area contributed by atoms with E-state index in [1.54, 1.807) is 32.4 Å². The summed E-state index contributed by atoms with van der Waals surface area (Å²) in [6.45, 7) is 0. The number of benzene rings is 1. The molecular formula is C16H23NO4. The number of carboxylic acids is 1. The van der Waals surface area contributed by atoms with Gasteiger partial charge < -0.3 is 14.6 Å². The van der Waals surface area contributed by atoms with E-state index in [1.807, 2.05) is 0 Å². The van der Waals surface area contributed by atoms with Crippen LogP contribution in [-0.2, 0) is 4.79 Å². The lowest BCUT2D eigenvalue weighted by Gasteiger charge is -2.27. The fraction of sp³-hybridized carbons (Fsp3) is 0.562. The molecule has 2 N–H and O–H groups in total.